The molecule has 0 bridgehead atoms. The number of benzene rings is 2. The zero-order valence-corrected chi connectivity index (χ0v) is 14.1. The number of fused-ring (bicyclic) bond motifs is 1. The van der Waals surface area contributed by atoms with Crippen LogP contribution in [-0.4, -0.2) is 17.9 Å². The third-order valence-corrected chi connectivity index (χ3v) is 4.06. The number of nitro groups is 1. The molecule has 1 aromatic heterocycles. The number of non-ortho nitro benzene ring substituents is 1. The average molecular weight is 361 g/mol. The van der Waals surface area contributed by atoms with Gasteiger partial charge in [-0.15, -0.1) is 0 Å². The quantitative estimate of drug-likeness (QED) is 0.543. The van der Waals surface area contributed by atoms with Gasteiger partial charge in [0.25, 0.3) is 11.6 Å². The maximum Gasteiger partial charge on any atom is 0.291 e. The summed E-state index contributed by atoms with van der Waals surface area (Å²) in [7, 11) is 1.41. The highest BCUT2D eigenvalue weighted by molar-refractivity contribution is 6.35. The van der Waals surface area contributed by atoms with Gasteiger partial charge in [-0.3, -0.25) is 14.9 Å². The molecule has 0 radical (unpaired) electrons. The van der Waals surface area contributed by atoms with E-state index in [0.717, 1.165) is 5.39 Å². The van der Waals surface area contributed by atoms with Gasteiger partial charge in [0.05, 0.1) is 22.7 Å². The lowest BCUT2D eigenvalue weighted by atomic mass is 10.1. The lowest BCUT2D eigenvalue weighted by Gasteiger charge is -2.09. The van der Waals surface area contributed by atoms with E-state index < -0.39 is 10.8 Å². The Bertz CT molecular complexity index is 996. The van der Waals surface area contributed by atoms with Crippen LogP contribution in [0.3, 0.4) is 0 Å². The topological polar surface area (TPSA) is 94.6 Å². The highest BCUT2D eigenvalue weighted by Gasteiger charge is 2.21. The number of rotatable bonds is 4. The van der Waals surface area contributed by atoms with Gasteiger partial charge in [-0.25, -0.2) is 0 Å². The molecule has 0 atom stereocenters. The van der Waals surface area contributed by atoms with Crippen molar-refractivity contribution in [3.05, 3.63) is 62.9 Å². The summed E-state index contributed by atoms with van der Waals surface area (Å²) in [5, 5.41) is 14.6. The van der Waals surface area contributed by atoms with Crippen LogP contribution in [0.5, 0.6) is 5.75 Å². The highest BCUT2D eigenvalue weighted by Crippen LogP contribution is 2.33. The number of ether oxygens (including phenoxy) is 1. The van der Waals surface area contributed by atoms with Crippen LogP contribution in [0.2, 0.25) is 5.02 Å². The molecule has 0 saturated carbocycles. The number of aryl methyl sites for hydroxylation is 1. The van der Waals surface area contributed by atoms with Gasteiger partial charge in [0.2, 0.25) is 0 Å². The second-order valence-electron chi connectivity index (χ2n) is 5.27. The molecule has 1 heterocycles. The SMILES string of the molecule is COc1ccc([N+](=O)[O-])cc1NC(=O)c1oc2c(Cl)cccc2c1C. The molecule has 1 N–H and O–H groups in total. The van der Waals surface area contributed by atoms with Crippen LogP contribution in [0.25, 0.3) is 11.0 Å². The Kier molecular flexibility index (Phi) is 4.33. The van der Waals surface area contributed by atoms with E-state index in [1.165, 1.54) is 25.3 Å². The van der Waals surface area contributed by atoms with Crippen LogP contribution < -0.4 is 10.1 Å². The Balaban J connectivity index is 2.00. The molecule has 3 rings (SSSR count). The predicted octanol–water partition coefficient (Wildman–Crippen LogP) is 4.56. The molecule has 7 nitrogen and oxygen atoms in total. The fourth-order valence-electron chi connectivity index (χ4n) is 2.51. The Morgan fingerprint density at radius 2 is 2.08 bits per heavy atom. The smallest absolute Gasteiger partial charge is 0.291 e. The van der Waals surface area contributed by atoms with Crippen LogP contribution in [0.4, 0.5) is 11.4 Å². The number of amides is 1. The minimum Gasteiger partial charge on any atom is -0.495 e. The van der Waals surface area contributed by atoms with Crippen molar-refractivity contribution >= 4 is 39.9 Å². The first-order valence-corrected chi connectivity index (χ1v) is 7.61. The van der Waals surface area contributed by atoms with Crippen LogP contribution >= 0.6 is 11.6 Å². The van der Waals surface area contributed by atoms with E-state index in [9.17, 15) is 14.9 Å². The van der Waals surface area contributed by atoms with E-state index in [0.29, 0.717) is 21.9 Å². The summed E-state index contributed by atoms with van der Waals surface area (Å²) in [5.41, 5.74) is 1.05. The number of hydrogen-bond donors (Lipinski definition) is 1. The standard InChI is InChI=1S/C17H13ClN2O5/c1-9-11-4-3-5-12(18)16(11)25-15(9)17(21)19-13-8-10(20(22)23)6-7-14(13)24-2/h3-8H,1-2H3,(H,19,21). The van der Waals surface area contributed by atoms with Crippen LogP contribution in [-0.2, 0) is 0 Å². The first-order valence-electron chi connectivity index (χ1n) is 7.23. The number of carbonyl (C=O) groups excluding carboxylic acids is 1. The Hall–Kier alpha value is -3.06. The number of halogens is 1. The predicted molar refractivity (Wildman–Crippen MR) is 93.6 cm³/mol. The summed E-state index contributed by atoms with van der Waals surface area (Å²) in [4.78, 5) is 23.0. The van der Waals surface area contributed by atoms with Crippen molar-refractivity contribution in [3.8, 4) is 5.75 Å². The summed E-state index contributed by atoms with van der Waals surface area (Å²) in [6.45, 7) is 1.74. The Morgan fingerprint density at radius 3 is 2.72 bits per heavy atom. The van der Waals surface area contributed by atoms with E-state index in [4.69, 9.17) is 20.8 Å². The molecule has 2 aromatic carbocycles. The minimum absolute atomic E-state index is 0.0802. The number of methoxy groups -OCH3 is 1. The number of nitrogens with zero attached hydrogens (tertiary/aromatic N) is 1. The van der Waals surface area contributed by atoms with Crippen molar-refractivity contribution in [3.63, 3.8) is 0 Å². The average Bonchev–Trinajstić information content (AvgIpc) is 2.93. The second-order valence-corrected chi connectivity index (χ2v) is 5.68. The molecule has 0 fully saturated rings. The maximum atomic E-state index is 12.6. The summed E-state index contributed by atoms with van der Waals surface area (Å²) < 4.78 is 10.7. The van der Waals surface area contributed by atoms with Gasteiger partial charge < -0.3 is 14.5 Å². The van der Waals surface area contributed by atoms with Crippen molar-refractivity contribution in [1.82, 2.24) is 0 Å². The lowest BCUT2D eigenvalue weighted by molar-refractivity contribution is -0.384. The third kappa shape index (κ3) is 3.01. The van der Waals surface area contributed by atoms with E-state index in [1.807, 2.05) is 0 Å². The Morgan fingerprint density at radius 1 is 1.32 bits per heavy atom. The number of para-hydroxylation sites is 1. The maximum absolute atomic E-state index is 12.6. The molecule has 8 heteroatoms. The van der Waals surface area contributed by atoms with Crippen molar-refractivity contribution < 1.29 is 18.9 Å². The van der Waals surface area contributed by atoms with E-state index in [-0.39, 0.29) is 17.1 Å². The molecule has 0 saturated heterocycles. The third-order valence-electron chi connectivity index (χ3n) is 3.76. The van der Waals surface area contributed by atoms with E-state index >= 15 is 0 Å². The number of anilines is 1. The number of hydrogen-bond acceptors (Lipinski definition) is 5. The van der Waals surface area contributed by atoms with Gasteiger partial charge >= 0.3 is 0 Å². The minimum atomic E-state index is -0.554. The fraction of sp³-hybridized carbons (Fsp3) is 0.118. The molecule has 0 aliphatic carbocycles. The molecule has 0 aliphatic heterocycles. The van der Waals surface area contributed by atoms with Crippen LogP contribution in [0.15, 0.2) is 40.8 Å². The number of nitro benzene ring substituents is 1. The fourth-order valence-corrected chi connectivity index (χ4v) is 2.72. The van der Waals surface area contributed by atoms with Gasteiger partial charge in [-0.2, -0.15) is 0 Å². The van der Waals surface area contributed by atoms with Gasteiger partial charge in [0.15, 0.2) is 11.3 Å². The molecule has 0 aliphatic rings. The second kappa shape index (κ2) is 6.45. The van der Waals surface area contributed by atoms with E-state index in [1.54, 1.807) is 25.1 Å². The molecule has 128 valence electrons. The van der Waals surface area contributed by atoms with Crippen molar-refractivity contribution in [1.29, 1.82) is 0 Å². The van der Waals surface area contributed by atoms with Crippen molar-refractivity contribution in [2.75, 3.05) is 12.4 Å². The molecular formula is C17H13ClN2O5. The number of nitrogens with one attached hydrogen (secondary N) is 1. The first kappa shape index (κ1) is 16.8. The zero-order chi connectivity index (χ0) is 18.1. The van der Waals surface area contributed by atoms with Gasteiger partial charge in [-0.1, -0.05) is 23.7 Å². The number of carbonyl (C=O) groups is 1. The molecule has 3 aromatic rings. The largest absolute Gasteiger partial charge is 0.495 e. The molecule has 0 spiro atoms. The van der Waals surface area contributed by atoms with Crippen LogP contribution in [0, 0.1) is 17.0 Å². The van der Waals surface area contributed by atoms with Crippen LogP contribution in [0.1, 0.15) is 16.1 Å². The van der Waals surface area contributed by atoms with Gasteiger partial charge in [-0.05, 0) is 19.1 Å². The van der Waals surface area contributed by atoms with Gasteiger partial charge in [0, 0.05) is 23.1 Å². The highest BCUT2D eigenvalue weighted by atomic mass is 35.5. The molecule has 0 unspecified atom stereocenters. The molecule has 25 heavy (non-hydrogen) atoms. The van der Waals surface area contributed by atoms with E-state index in [2.05, 4.69) is 5.32 Å². The molecular weight excluding hydrogens is 348 g/mol. The summed E-state index contributed by atoms with van der Waals surface area (Å²) in [6, 6.07) is 9.15. The summed E-state index contributed by atoms with van der Waals surface area (Å²) in [5.74, 6) is -0.175. The molecule has 1 amide bonds. The normalized spacial score (nSPS) is 10.7. The van der Waals surface area contributed by atoms with Crippen molar-refractivity contribution in [2.24, 2.45) is 0 Å². The zero-order valence-electron chi connectivity index (χ0n) is 13.3. The van der Waals surface area contributed by atoms with Gasteiger partial charge in [0.1, 0.15) is 5.75 Å². The first-order chi connectivity index (χ1) is 11.9. The van der Waals surface area contributed by atoms with Crippen molar-refractivity contribution in [2.45, 2.75) is 6.92 Å². The summed E-state index contributed by atoms with van der Waals surface area (Å²) >= 11 is 6.09. The monoisotopic (exact) mass is 360 g/mol. The Labute approximate surface area is 147 Å². The lowest BCUT2D eigenvalue weighted by Crippen LogP contribution is -2.13. The number of furan rings is 1. The summed E-state index contributed by atoms with van der Waals surface area (Å²) in [6.07, 6.45) is 0.